The van der Waals surface area contributed by atoms with Crippen molar-refractivity contribution in [1.82, 2.24) is 4.90 Å². The topological polar surface area (TPSA) is 49.4 Å². The lowest BCUT2D eigenvalue weighted by atomic mass is 10.0. The summed E-state index contributed by atoms with van der Waals surface area (Å²) in [6, 6.07) is 5.40. The van der Waals surface area contributed by atoms with Crippen molar-refractivity contribution >= 4 is 29.1 Å². The van der Waals surface area contributed by atoms with Gasteiger partial charge < -0.3 is 10.2 Å². The average Bonchev–Trinajstić information content (AvgIpc) is 3.10. The molecule has 0 atom stereocenters. The van der Waals surface area contributed by atoms with Crippen LogP contribution in [0.25, 0.3) is 0 Å². The largest absolute Gasteiger partial charge is 0.342 e. The van der Waals surface area contributed by atoms with Crippen molar-refractivity contribution in [2.24, 2.45) is 5.41 Å². The van der Waals surface area contributed by atoms with Gasteiger partial charge >= 0.3 is 0 Å². The zero-order valence-corrected chi connectivity index (χ0v) is 12.9. The Morgan fingerprint density at radius 1 is 1.24 bits per heavy atom. The van der Waals surface area contributed by atoms with E-state index in [1.807, 2.05) is 24.0 Å². The summed E-state index contributed by atoms with van der Waals surface area (Å²) in [5, 5.41) is 3.46. The van der Waals surface area contributed by atoms with Gasteiger partial charge in [0.2, 0.25) is 11.8 Å². The van der Waals surface area contributed by atoms with E-state index in [1.54, 1.807) is 6.07 Å². The summed E-state index contributed by atoms with van der Waals surface area (Å²) in [4.78, 5) is 26.8. The molecule has 5 heteroatoms. The summed E-state index contributed by atoms with van der Waals surface area (Å²) in [7, 11) is 0. The van der Waals surface area contributed by atoms with Gasteiger partial charge in [-0.3, -0.25) is 9.59 Å². The molecule has 2 amide bonds. The molecule has 21 heavy (non-hydrogen) atoms. The Bertz CT molecular complexity index is 590. The Kier molecular flexibility index (Phi) is 3.66. The van der Waals surface area contributed by atoms with Gasteiger partial charge in [-0.1, -0.05) is 17.7 Å². The third-order valence-electron chi connectivity index (χ3n) is 4.42. The molecule has 4 nitrogen and oxygen atoms in total. The van der Waals surface area contributed by atoms with E-state index in [1.165, 1.54) is 0 Å². The summed E-state index contributed by atoms with van der Waals surface area (Å²) in [5.74, 6) is -0.199. The Morgan fingerprint density at radius 2 is 1.90 bits per heavy atom. The van der Waals surface area contributed by atoms with Gasteiger partial charge in [0.05, 0.1) is 0 Å². The Morgan fingerprint density at radius 3 is 2.48 bits per heavy atom. The van der Waals surface area contributed by atoms with Gasteiger partial charge in [-0.15, -0.1) is 0 Å². The van der Waals surface area contributed by atoms with E-state index in [0.29, 0.717) is 23.6 Å². The molecule has 0 bridgehead atoms. The Hall–Kier alpha value is -1.55. The molecule has 3 rings (SSSR count). The minimum absolute atomic E-state index is 0.00397. The van der Waals surface area contributed by atoms with E-state index in [9.17, 15) is 9.59 Å². The SMILES string of the molecule is Cc1ccc(NC(=O)C2(C(=O)N3CCCC3)CC2)cc1Cl. The highest BCUT2D eigenvalue weighted by molar-refractivity contribution is 6.31. The highest BCUT2D eigenvalue weighted by Crippen LogP contribution is 2.48. The van der Waals surface area contributed by atoms with E-state index in [4.69, 9.17) is 11.6 Å². The first-order chi connectivity index (χ1) is 10.0. The molecule has 0 aromatic heterocycles. The van der Waals surface area contributed by atoms with Crippen LogP contribution in [-0.2, 0) is 9.59 Å². The fourth-order valence-electron chi connectivity index (χ4n) is 2.81. The number of likely N-dealkylation sites (tertiary alicyclic amines) is 1. The number of hydrogen-bond donors (Lipinski definition) is 1. The number of rotatable bonds is 3. The molecule has 0 radical (unpaired) electrons. The molecular formula is C16H19ClN2O2. The van der Waals surface area contributed by atoms with Crippen LogP contribution < -0.4 is 5.32 Å². The lowest BCUT2D eigenvalue weighted by molar-refractivity contribution is -0.141. The first-order valence-electron chi connectivity index (χ1n) is 7.40. The maximum absolute atomic E-state index is 12.5. The van der Waals surface area contributed by atoms with Crippen LogP contribution in [0, 0.1) is 12.3 Å². The highest BCUT2D eigenvalue weighted by atomic mass is 35.5. The molecule has 1 N–H and O–H groups in total. The first kappa shape index (κ1) is 14.4. The predicted octanol–water partition coefficient (Wildman–Crippen LogP) is 2.99. The predicted molar refractivity (Wildman–Crippen MR) is 82.3 cm³/mol. The van der Waals surface area contributed by atoms with Crippen molar-refractivity contribution in [3.63, 3.8) is 0 Å². The van der Waals surface area contributed by atoms with E-state index >= 15 is 0 Å². The third-order valence-corrected chi connectivity index (χ3v) is 4.82. The van der Waals surface area contributed by atoms with Crippen LogP contribution in [0.2, 0.25) is 5.02 Å². The summed E-state index contributed by atoms with van der Waals surface area (Å²) in [6.45, 7) is 3.47. The minimum Gasteiger partial charge on any atom is -0.342 e. The smallest absolute Gasteiger partial charge is 0.240 e. The van der Waals surface area contributed by atoms with E-state index in [0.717, 1.165) is 31.5 Å². The minimum atomic E-state index is -0.832. The van der Waals surface area contributed by atoms with Crippen molar-refractivity contribution in [2.75, 3.05) is 18.4 Å². The molecule has 1 aliphatic carbocycles. The molecule has 1 heterocycles. The molecule has 0 spiro atoms. The molecule has 2 fully saturated rings. The normalized spacial score (nSPS) is 19.4. The van der Waals surface area contributed by atoms with E-state index in [2.05, 4.69) is 5.32 Å². The number of halogens is 1. The zero-order chi connectivity index (χ0) is 15.0. The maximum Gasteiger partial charge on any atom is 0.240 e. The lowest BCUT2D eigenvalue weighted by Crippen LogP contribution is -2.41. The lowest BCUT2D eigenvalue weighted by Gasteiger charge is -2.22. The van der Waals surface area contributed by atoms with Crippen LogP contribution in [-0.4, -0.2) is 29.8 Å². The monoisotopic (exact) mass is 306 g/mol. The molecule has 1 saturated heterocycles. The third kappa shape index (κ3) is 2.64. The van der Waals surface area contributed by atoms with Gasteiger partial charge in [0, 0.05) is 23.8 Å². The first-order valence-corrected chi connectivity index (χ1v) is 7.78. The van der Waals surface area contributed by atoms with Crippen molar-refractivity contribution < 1.29 is 9.59 Å². The number of hydrogen-bond acceptors (Lipinski definition) is 2. The van der Waals surface area contributed by atoms with Crippen LogP contribution in [0.5, 0.6) is 0 Å². The van der Waals surface area contributed by atoms with E-state index < -0.39 is 5.41 Å². The van der Waals surface area contributed by atoms with Crippen LogP contribution >= 0.6 is 11.6 Å². The standard InChI is InChI=1S/C16H19ClN2O2/c1-11-4-5-12(10-13(11)17)18-14(20)16(6-7-16)15(21)19-8-2-3-9-19/h4-5,10H,2-3,6-9H2,1H3,(H,18,20). The second-order valence-corrected chi connectivity index (χ2v) is 6.41. The van der Waals surface area contributed by atoms with Crippen molar-refractivity contribution in [2.45, 2.75) is 32.6 Å². The second-order valence-electron chi connectivity index (χ2n) is 6.00. The quantitative estimate of drug-likeness (QED) is 0.873. The molecule has 1 aromatic carbocycles. The maximum atomic E-state index is 12.5. The summed E-state index contributed by atoms with van der Waals surface area (Å²) in [6.07, 6.45) is 3.37. The number of nitrogens with zero attached hydrogens (tertiary/aromatic N) is 1. The highest BCUT2D eigenvalue weighted by Gasteiger charge is 2.58. The molecule has 0 unspecified atom stereocenters. The van der Waals surface area contributed by atoms with Crippen molar-refractivity contribution in [1.29, 1.82) is 0 Å². The van der Waals surface area contributed by atoms with Crippen molar-refractivity contribution in [3.8, 4) is 0 Å². The number of nitrogens with one attached hydrogen (secondary N) is 1. The Balaban J connectivity index is 1.72. The summed E-state index contributed by atoms with van der Waals surface area (Å²) < 4.78 is 0. The van der Waals surface area contributed by atoms with Crippen molar-refractivity contribution in [3.05, 3.63) is 28.8 Å². The molecule has 2 aliphatic rings. The average molecular weight is 307 g/mol. The fourth-order valence-corrected chi connectivity index (χ4v) is 2.99. The summed E-state index contributed by atoms with van der Waals surface area (Å²) in [5.41, 5.74) is 0.780. The molecular weight excluding hydrogens is 288 g/mol. The number of carbonyl (C=O) groups excluding carboxylic acids is 2. The van der Waals surface area contributed by atoms with Gasteiger partial charge in [0.1, 0.15) is 5.41 Å². The van der Waals surface area contributed by atoms with Crippen LogP contribution in [0.3, 0.4) is 0 Å². The fraction of sp³-hybridized carbons (Fsp3) is 0.500. The number of amides is 2. The molecule has 1 saturated carbocycles. The zero-order valence-electron chi connectivity index (χ0n) is 12.1. The molecule has 112 valence electrons. The number of benzene rings is 1. The van der Waals surface area contributed by atoms with Gasteiger partial charge in [-0.2, -0.15) is 0 Å². The number of anilines is 1. The van der Waals surface area contributed by atoms with Gasteiger partial charge in [0.25, 0.3) is 0 Å². The second kappa shape index (κ2) is 5.34. The van der Waals surface area contributed by atoms with Crippen LogP contribution in [0.15, 0.2) is 18.2 Å². The summed E-state index contributed by atoms with van der Waals surface area (Å²) >= 11 is 6.07. The number of aryl methyl sites for hydroxylation is 1. The van der Waals surface area contributed by atoms with Crippen LogP contribution in [0.1, 0.15) is 31.2 Å². The van der Waals surface area contributed by atoms with Gasteiger partial charge in [0.15, 0.2) is 0 Å². The molecule has 1 aromatic rings. The van der Waals surface area contributed by atoms with Gasteiger partial charge in [-0.25, -0.2) is 0 Å². The van der Waals surface area contributed by atoms with Crippen LogP contribution in [0.4, 0.5) is 5.69 Å². The van der Waals surface area contributed by atoms with E-state index in [-0.39, 0.29) is 11.8 Å². The Labute approximate surface area is 129 Å². The van der Waals surface area contributed by atoms with Gasteiger partial charge in [-0.05, 0) is 50.3 Å². The molecule has 1 aliphatic heterocycles. The number of carbonyl (C=O) groups is 2.